The molecular weight excluding hydrogens is 1440 g/mol. The molecule has 2 aromatic rings. The molecule has 57 heavy (non-hydrogen) atoms. The van der Waals surface area contributed by atoms with Gasteiger partial charge in [0.2, 0.25) is 5.91 Å². The monoisotopic (exact) mass is 1480 g/mol. The fourth-order valence-corrected chi connectivity index (χ4v) is 13.5. The summed E-state index contributed by atoms with van der Waals surface area (Å²) in [6.07, 6.45) is -4.12. The summed E-state index contributed by atoms with van der Waals surface area (Å²) < 4.78 is 1.36. The van der Waals surface area contributed by atoms with Crippen molar-refractivity contribution in [1.82, 2.24) is 20.4 Å². The van der Waals surface area contributed by atoms with Gasteiger partial charge in [0.15, 0.2) is 6.10 Å². The number of halogens is 6. The maximum Gasteiger partial charge on any atom is 0.255 e. The lowest BCUT2D eigenvalue weighted by Crippen LogP contribution is -2.38. The SMILES string of the molecule is CN(CC(O)CO)C(=O)c1c(I)c(NC(=O)CO)c(I)c(C(=O)NCCCNC(=O)c2c(I)c(NC(=O)C(O)CO)c(I)c(C(=O)N(C)CC(O)CO)c2I)c1I. The molecule has 0 aliphatic carbocycles. The van der Waals surface area contributed by atoms with Gasteiger partial charge in [-0.25, -0.2) is 0 Å². The standard InChI is InChI=1S/C32H38I6N6O13/c1-43(6-12(49)8-45)31(56)18-20(33)16(22(35)26(24(18)37)41-15(52)11-48)29(54)39-4-3-5-40-30(55)17-21(34)19(32(57)44(2)7-13(50)9-46)25(38)27(23(17)36)42-28(53)14(51)10-47/h12-14,45-51H,3-11H2,1-2H3,(H,39,54)(H,40,55)(H,41,52)(H,42,53). The van der Waals surface area contributed by atoms with E-state index in [-0.39, 0.29) is 87.6 Å². The second kappa shape index (κ2) is 24.7. The summed E-state index contributed by atoms with van der Waals surface area (Å²) in [5, 5.41) is 77.4. The third kappa shape index (κ3) is 13.7. The highest BCUT2D eigenvalue weighted by Gasteiger charge is 2.32. The molecule has 19 nitrogen and oxygen atoms in total. The number of rotatable bonds is 19. The fraction of sp³-hybridized carbons (Fsp3) is 0.438. The smallest absolute Gasteiger partial charge is 0.255 e. The van der Waals surface area contributed by atoms with Crippen molar-refractivity contribution < 1.29 is 64.5 Å². The van der Waals surface area contributed by atoms with Gasteiger partial charge in [-0.2, -0.15) is 0 Å². The first kappa shape index (κ1) is 52.5. The minimum atomic E-state index is -1.80. The van der Waals surface area contributed by atoms with E-state index in [0.29, 0.717) is 0 Å². The summed E-state index contributed by atoms with van der Waals surface area (Å²) in [5.41, 5.74) is 0.154. The van der Waals surface area contributed by atoms with Gasteiger partial charge in [0.05, 0.1) is 79.9 Å². The molecule has 0 radical (unpaired) electrons. The Kier molecular flexibility index (Phi) is 22.8. The molecule has 3 unspecified atom stereocenters. The fourth-order valence-electron chi connectivity index (χ4n) is 4.75. The number of carbonyl (C=O) groups is 6. The Balaban J connectivity index is 2.41. The van der Waals surface area contributed by atoms with Crippen molar-refractivity contribution in [3.8, 4) is 0 Å². The third-order valence-electron chi connectivity index (χ3n) is 7.66. The Bertz CT molecular complexity index is 1870. The zero-order valence-electron chi connectivity index (χ0n) is 29.8. The van der Waals surface area contributed by atoms with Gasteiger partial charge in [-0.3, -0.25) is 28.8 Å². The maximum atomic E-state index is 13.7. The first-order valence-corrected chi connectivity index (χ1v) is 22.7. The van der Waals surface area contributed by atoms with Crippen LogP contribution in [0, 0.1) is 21.4 Å². The molecule has 2 aromatic carbocycles. The van der Waals surface area contributed by atoms with E-state index in [2.05, 4.69) is 21.3 Å². The van der Waals surface area contributed by atoms with Crippen LogP contribution in [-0.2, 0) is 9.59 Å². The number of anilines is 2. The normalized spacial score (nSPS) is 12.6. The molecule has 3 atom stereocenters. The molecule has 0 spiro atoms. The number of likely N-dealkylation sites (N-methyl/N-ethyl adjacent to an activating group) is 2. The average Bonchev–Trinajstić information content (AvgIpc) is 3.16. The zero-order valence-corrected chi connectivity index (χ0v) is 42.8. The molecule has 25 heteroatoms. The highest BCUT2D eigenvalue weighted by atomic mass is 127. The Morgan fingerprint density at radius 3 is 1.28 bits per heavy atom. The largest absolute Gasteiger partial charge is 0.394 e. The van der Waals surface area contributed by atoms with Gasteiger partial charge in [-0.05, 0) is 142 Å². The van der Waals surface area contributed by atoms with Crippen LogP contribution in [0.5, 0.6) is 0 Å². The van der Waals surface area contributed by atoms with Crippen molar-refractivity contribution in [2.24, 2.45) is 0 Å². The lowest BCUT2D eigenvalue weighted by molar-refractivity contribution is -0.125. The van der Waals surface area contributed by atoms with Gasteiger partial charge in [0, 0.05) is 47.4 Å². The van der Waals surface area contributed by atoms with Gasteiger partial charge in [-0.15, -0.1) is 0 Å². The van der Waals surface area contributed by atoms with Crippen LogP contribution in [0.3, 0.4) is 0 Å². The van der Waals surface area contributed by atoms with Crippen LogP contribution < -0.4 is 21.3 Å². The lowest BCUT2D eigenvalue weighted by Gasteiger charge is -2.24. The van der Waals surface area contributed by atoms with E-state index in [1.165, 1.54) is 14.1 Å². The van der Waals surface area contributed by atoms with E-state index >= 15 is 0 Å². The summed E-state index contributed by atoms with van der Waals surface area (Å²) in [7, 11) is 2.77. The number of amides is 6. The van der Waals surface area contributed by atoms with Crippen LogP contribution in [-0.4, -0.2) is 166 Å². The number of hydrogen-bond acceptors (Lipinski definition) is 13. The van der Waals surface area contributed by atoms with Gasteiger partial charge < -0.3 is 66.8 Å². The molecule has 0 aliphatic heterocycles. The lowest BCUT2D eigenvalue weighted by atomic mass is 10.1. The van der Waals surface area contributed by atoms with E-state index < -0.39 is 80.2 Å². The second-order valence-corrected chi connectivity index (χ2v) is 18.4. The molecule has 316 valence electrons. The first-order valence-electron chi connectivity index (χ1n) is 16.3. The summed E-state index contributed by atoms with van der Waals surface area (Å²) in [4.78, 5) is 81.6. The van der Waals surface area contributed by atoms with Gasteiger partial charge in [0.1, 0.15) is 6.61 Å². The molecular formula is C32H38I6N6O13. The molecule has 6 amide bonds. The van der Waals surface area contributed by atoms with Crippen molar-refractivity contribution in [3.63, 3.8) is 0 Å². The first-order chi connectivity index (χ1) is 26.7. The number of benzene rings is 2. The Hall–Kier alpha value is -0.640. The zero-order chi connectivity index (χ0) is 43.5. The van der Waals surface area contributed by atoms with Crippen molar-refractivity contribution in [2.45, 2.75) is 24.7 Å². The van der Waals surface area contributed by atoms with Crippen molar-refractivity contribution >= 4 is 182 Å². The minimum Gasteiger partial charge on any atom is -0.394 e. The average molecular weight is 1480 g/mol. The second-order valence-electron chi connectivity index (χ2n) is 11.9. The predicted octanol–water partition coefficient (Wildman–Crippen LogP) is -0.0630. The Morgan fingerprint density at radius 1 is 0.561 bits per heavy atom. The predicted molar refractivity (Wildman–Crippen MR) is 256 cm³/mol. The van der Waals surface area contributed by atoms with Gasteiger partial charge in [-0.1, -0.05) is 0 Å². The molecule has 0 heterocycles. The van der Waals surface area contributed by atoms with E-state index in [1.54, 1.807) is 45.2 Å². The Labute approximate surface area is 408 Å². The number of nitrogens with one attached hydrogen (secondary N) is 4. The number of carbonyl (C=O) groups excluding carboxylic acids is 6. The van der Waals surface area contributed by atoms with Crippen molar-refractivity contribution in [2.75, 3.05) is 77.3 Å². The third-order valence-corrected chi connectivity index (χ3v) is 14.1. The van der Waals surface area contributed by atoms with E-state index in [4.69, 9.17) is 0 Å². The summed E-state index contributed by atoms with van der Waals surface area (Å²) in [5.74, 6) is -4.36. The number of aliphatic hydroxyl groups excluding tert-OH is 7. The van der Waals surface area contributed by atoms with Crippen LogP contribution in [0.1, 0.15) is 47.9 Å². The molecule has 0 saturated heterocycles. The van der Waals surface area contributed by atoms with Crippen LogP contribution in [0.4, 0.5) is 11.4 Å². The van der Waals surface area contributed by atoms with E-state index in [9.17, 15) is 64.5 Å². The molecule has 11 N–H and O–H groups in total. The van der Waals surface area contributed by atoms with E-state index in [0.717, 1.165) is 9.80 Å². The highest BCUT2D eigenvalue weighted by Crippen LogP contribution is 2.38. The van der Waals surface area contributed by atoms with Crippen LogP contribution >= 0.6 is 136 Å². The molecule has 0 saturated carbocycles. The molecule has 0 aromatic heterocycles. The quantitative estimate of drug-likeness (QED) is 0.0650. The summed E-state index contributed by atoms with van der Waals surface area (Å²) in [6, 6.07) is 0. The highest BCUT2D eigenvalue weighted by molar-refractivity contribution is 14.1. The topological polar surface area (TPSA) is 299 Å². The molecule has 0 fully saturated rings. The number of nitrogens with zero attached hydrogens (tertiary/aromatic N) is 2. The van der Waals surface area contributed by atoms with Crippen LogP contribution in [0.15, 0.2) is 0 Å². The Morgan fingerprint density at radius 2 is 0.930 bits per heavy atom. The van der Waals surface area contributed by atoms with Crippen molar-refractivity contribution in [3.05, 3.63) is 43.7 Å². The maximum absolute atomic E-state index is 13.7. The summed E-state index contributed by atoms with van der Waals surface area (Å²) >= 11 is 10.9. The van der Waals surface area contributed by atoms with Crippen LogP contribution in [0.25, 0.3) is 0 Å². The van der Waals surface area contributed by atoms with Crippen LogP contribution in [0.2, 0.25) is 0 Å². The minimum absolute atomic E-state index is 0.00437. The van der Waals surface area contributed by atoms with Gasteiger partial charge >= 0.3 is 0 Å². The van der Waals surface area contributed by atoms with E-state index in [1.807, 2.05) is 90.4 Å². The van der Waals surface area contributed by atoms with Crippen molar-refractivity contribution in [1.29, 1.82) is 0 Å². The molecule has 0 aliphatic rings. The molecule has 2 rings (SSSR count). The number of aliphatic hydroxyl groups is 7. The summed E-state index contributed by atoms with van der Waals surface area (Å²) in [6.45, 7) is -3.46. The number of hydrogen-bond donors (Lipinski definition) is 11. The molecule has 0 bridgehead atoms. The van der Waals surface area contributed by atoms with Gasteiger partial charge in [0.25, 0.3) is 29.5 Å².